The minimum absolute atomic E-state index is 0.773. The maximum Gasteiger partial charge on any atom is 0.00555 e. The van der Waals surface area contributed by atoms with Gasteiger partial charge in [0.1, 0.15) is 0 Å². The Morgan fingerprint density at radius 3 is 1.13 bits per heavy atom. The van der Waals surface area contributed by atoms with Crippen molar-refractivity contribution in [1.29, 1.82) is 0 Å². The molecule has 1 heteroatoms. The van der Waals surface area contributed by atoms with E-state index in [0.717, 1.165) is 25.2 Å². The summed E-state index contributed by atoms with van der Waals surface area (Å²) in [6.45, 7) is 4.55. The van der Waals surface area contributed by atoms with Crippen LogP contribution in [0, 0.1) is 5.92 Å². The van der Waals surface area contributed by atoms with Gasteiger partial charge in [0.25, 0.3) is 0 Å². The summed E-state index contributed by atoms with van der Waals surface area (Å²) >= 11 is 0. The van der Waals surface area contributed by atoms with E-state index in [4.69, 9.17) is 0 Å². The van der Waals surface area contributed by atoms with Gasteiger partial charge < -0.3 is 4.90 Å². The van der Waals surface area contributed by atoms with Crippen molar-refractivity contribution in [2.24, 2.45) is 5.92 Å². The minimum atomic E-state index is 0.773. The van der Waals surface area contributed by atoms with E-state index in [1.807, 2.05) is 0 Å². The van der Waals surface area contributed by atoms with Crippen LogP contribution in [0.15, 0.2) is 73.0 Å². The van der Waals surface area contributed by atoms with Gasteiger partial charge in [-0.05, 0) is 95.6 Å². The van der Waals surface area contributed by atoms with Crippen molar-refractivity contribution in [3.63, 3.8) is 0 Å². The number of allylic oxidation sites excluding steroid dienone is 11. The summed E-state index contributed by atoms with van der Waals surface area (Å²) in [5, 5.41) is 0. The maximum absolute atomic E-state index is 2.54. The van der Waals surface area contributed by atoms with Crippen molar-refractivity contribution in [2.45, 2.75) is 187 Å². The first-order valence-electron chi connectivity index (χ1n) is 19.8. The van der Waals surface area contributed by atoms with E-state index in [1.54, 1.807) is 0 Å². The van der Waals surface area contributed by atoms with Crippen LogP contribution in [-0.2, 0) is 0 Å². The lowest BCUT2D eigenvalue weighted by molar-refractivity contribution is 0.464. The number of unbranched alkanes of at least 4 members (excludes halogenated alkanes) is 18. The van der Waals surface area contributed by atoms with E-state index < -0.39 is 0 Å². The van der Waals surface area contributed by atoms with Crippen LogP contribution >= 0.6 is 0 Å². The summed E-state index contributed by atoms with van der Waals surface area (Å²) in [6, 6.07) is 0. The van der Waals surface area contributed by atoms with E-state index in [1.165, 1.54) is 154 Å². The minimum Gasteiger partial charge on any atom is -0.384 e. The molecule has 1 nitrogen and oxygen atoms in total. The molecule has 0 radical (unpaired) electrons. The van der Waals surface area contributed by atoms with Gasteiger partial charge in [0.05, 0.1) is 0 Å². The van der Waals surface area contributed by atoms with Crippen LogP contribution in [0.5, 0.6) is 0 Å². The SMILES string of the molecule is CCCCC/C=C\CC=CCCCCCCCCC(C=CCC=CN(C)C)CCCCCCCC/C=C\C/C=C\CCCCC. The number of rotatable bonds is 34. The lowest BCUT2D eigenvalue weighted by Gasteiger charge is -2.13. The molecule has 1 atom stereocenters. The van der Waals surface area contributed by atoms with Crippen LogP contribution in [0.2, 0.25) is 0 Å². The molecule has 0 aromatic heterocycles. The Bertz CT molecular complexity index is 686. The normalized spacial score (nSPS) is 13.3. The zero-order valence-corrected chi connectivity index (χ0v) is 31.0. The molecule has 0 bridgehead atoms. The highest BCUT2D eigenvalue weighted by atomic mass is 15.0. The summed E-state index contributed by atoms with van der Waals surface area (Å²) in [5.41, 5.74) is 0. The first-order valence-corrected chi connectivity index (χ1v) is 19.8. The zero-order valence-electron chi connectivity index (χ0n) is 31.0. The van der Waals surface area contributed by atoms with Crippen LogP contribution in [-0.4, -0.2) is 19.0 Å². The molecule has 0 aromatic rings. The Balaban J connectivity index is 3.96. The summed E-state index contributed by atoms with van der Waals surface area (Å²) in [4.78, 5) is 2.12. The quantitative estimate of drug-likeness (QED) is 0.0510. The average molecular weight is 622 g/mol. The van der Waals surface area contributed by atoms with Crippen LogP contribution in [0.4, 0.5) is 0 Å². The Labute approximate surface area is 284 Å². The van der Waals surface area contributed by atoms with Crippen molar-refractivity contribution in [3.8, 4) is 0 Å². The van der Waals surface area contributed by atoms with E-state index in [2.05, 4.69) is 106 Å². The highest BCUT2D eigenvalue weighted by Gasteiger charge is 2.05. The molecule has 0 aliphatic rings. The van der Waals surface area contributed by atoms with Gasteiger partial charge in [-0.3, -0.25) is 0 Å². The second kappa shape index (κ2) is 38.4. The second-order valence-electron chi connectivity index (χ2n) is 13.5. The lowest BCUT2D eigenvalue weighted by atomic mass is 9.93. The molecule has 0 heterocycles. The van der Waals surface area contributed by atoms with E-state index in [0.29, 0.717) is 0 Å². The molecule has 0 N–H and O–H groups in total. The van der Waals surface area contributed by atoms with E-state index in [-0.39, 0.29) is 0 Å². The Kier molecular flexibility index (Phi) is 36.9. The van der Waals surface area contributed by atoms with Crippen molar-refractivity contribution < 1.29 is 0 Å². The highest BCUT2D eigenvalue weighted by molar-refractivity contribution is 4.95. The van der Waals surface area contributed by atoms with Crippen molar-refractivity contribution in [1.82, 2.24) is 4.90 Å². The van der Waals surface area contributed by atoms with Crippen LogP contribution in [0.3, 0.4) is 0 Å². The Morgan fingerprint density at radius 1 is 0.378 bits per heavy atom. The molecule has 0 aliphatic heterocycles. The Hall–Kier alpha value is -1.76. The molecule has 0 rings (SSSR count). The predicted octanol–water partition coefficient (Wildman–Crippen LogP) is 15.0. The predicted molar refractivity (Wildman–Crippen MR) is 208 cm³/mol. The third kappa shape index (κ3) is 38.3. The summed E-state index contributed by atoms with van der Waals surface area (Å²) < 4.78 is 0. The fraction of sp³-hybridized carbons (Fsp3) is 0.727. The molecule has 0 amide bonds. The van der Waals surface area contributed by atoms with E-state index >= 15 is 0 Å². The zero-order chi connectivity index (χ0) is 32.7. The van der Waals surface area contributed by atoms with Crippen LogP contribution in [0.25, 0.3) is 0 Å². The molecule has 0 spiro atoms. The largest absolute Gasteiger partial charge is 0.384 e. The van der Waals surface area contributed by atoms with Gasteiger partial charge in [-0.2, -0.15) is 0 Å². The molecular formula is C44H79N. The number of nitrogens with zero attached hydrogens (tertiary/aromatic N) is 1. The van der Waals surface area contributed by atoms with Gasteiger partial charge in [0.2, 0.25) is 0 Å². The van der Waals surface area contributed by atoms with Crippen LogP contribution in [0.1, 0.15) is 187 Å². The van der Waals surface area contributed by atoms with Crippen molar-refractivity contribution >= 4 is 0 Å². The van der Waals surface area contributed by atoms with E-state index in [9.17, 15) is 0 Å². The van der Waals surface area contributed by atoms with Gasteiger partial charge in [0, 0.05) is 14.1 Å². The fourth-order valence-corrected chi connectivity index (χ4v) is 5.75. The Morgan fingerprint density at radius 2 is 0.733 bits per heavy atom. The first-order chi connectivity index (χ1) is 22.2. The standard InChI is InChI=1S/C44H79N/c1-5-7-9-11-13-15-17-19-21-23-25-27-29-31-33-36-40-44(42-38-35-39-43-45(3)4)41-37-34-32-30-28-26-24-22-20-18-16-14-12-10-8-6-2/h13-16,19-22,38-39,42-44H,5-12,17-18,23-37,40-41H2,1-4H3/b15-13-,16-14-,21-19-,22-20?,42-38?,43-39?. The van der Waals surface area contributed by atoms with Crippen molar-refractivity contribution in [3.05, 3.63) is 73.0 Å². The summed E-state index contributed by atoms with van der Waals surface area (Å²) in [7, 11) is 4.19. The van der Waals surface area contributed by atoms with Gasteiger partial charge in [-0.15, -0.1) is 0 Å². The molecule has 1 unspecified atom stereocenters. The highest BCUT2D eigenvalue weighted by Crippen LogP contribution is 2.21. The molecule has 0 aromatic carbocycles. The van der Waals surface area contributed by atoms with Gasteiger partial charge >= 0.3 is 0 Å². The fourth-order valence-electron chi connectivity index (χ4n) is 5.75. The third-order valence-corrected chi connectivity index (χ3v) is 8.64. The molecule has 0 fully saturated rings. The van der Waals surface area contributed by atoms with Gasteiger partial charge in [-0.1, -0.05) is 171 Å². The average Bonchev–Trinajstić information content (AvgIpc) is 3.03. The first kappa shape index (κ1) is 43.2. The summed E-state index contributed by atoms with van der Waals surface area (Å²) in [5.74, 6) is 0.773. The summed E-state index contributed by atoms with van der Waals surface area (Å²) in [6.07, 6.45) is 64.2. The molecule has 0 saturated heterocycles. The molecule has 260 valence electrons. The topological polar surface area (TPSA) is 3.24 Å². The monoisotopic (exact) mass is 622 g/mol. The third-order valence-electron chi connectivity index (χ3n) is 8.64. The molecular weight excluding hydrogens is 542 g/mol. The maximum atomic E-state index is 2.54. The molecule has 0 saturated carbocycles. The molecule has 45 heavy (non-hydrogen) atoms. The number of hydrogen-bond acceptors (Lipinski definition) is 1. The number of hydrogen-bond donors (Lipinski definition) is 0. The van der Waals surface area contributed by atoms with Gasteiger partial charge in [-0.25, -0.2) is 0 Å². The second-order valence-corrected chi connectivity index (χ2v) is 13.5. The smallest absolute Gasteiger partial charge is 0.00555 e. The van der Waals surface area contributed by atoms with Crippen molar-refractivity contribution in [2.75, 3.05) is 14.1 Å². The lowest BCUT2D eigenvalue weighted by Crippen LogP contribution is -1.99. The molecule has 0 aliphatic carbocycles. The van der Waals surface area contributed by atoms with Gasteiger partial charge in [0.15, 0.2) is 0 Å². The van der Waals surface area contributed by atoms with Crippen LogP contribution < -0.4 is 0 Å².